The molecule has 0 saturated carbocycles. The molecule has 0 aliphatic heterocycles. The molecule has 1 heterocycles. The van der Waals surface area contributed by atoms with Crippen molar-refractivity contribution in [2.24, 2.45) is 4.99 Å². The summed E-state index contributed by atoms with van der Waals surface area (Å²) in [4.78, 5) is 9.24. The molecule has 2 nitrogen and oxygen atoms in total. The first-order valence-corrected chi connectivity index (χ1v) is 14.3. The van der Waals surface area contributed by atoms with E-state index < -0.39 is 0 Å². The van der Waals surface area contributed by atoms with Crippen LogP contribution in [-0.2, 0) is 0 Å². The molecule has 2 aromatic carbocycles. The van der Waals surface area contributed by atoms with Gasteiger partial charge in [-0.3, -0.25) is 9.98 Å². The maximum Gasteiger partial charge on any atom is 0.124 e. The Morgan fingerprint density at radius 1 is 0.947 bits per heavy atom. The van der Waals surface area contributed by atoms with Gasteiger partial charge in [-0.15, -0.1) is 0 Å². The maximum atomic E-state index is 14.3. The van der Waals surface area contributed by atoms with Crippen molar-refractivity contribution in [1.82, 2.24) is 4.98 Å². The van der Waals surface area contributed by atoms with Gasteiger partial charge in [0.15, 0.2) is 0 Å². The van der Waals surface area contributed by atoms with E-state index in [0.717, 1.165) is 63.2 Å². The van der Waals surface area contributed by atoms with Gasteiger partial charge in [0.2, 0.25) is 0 Å². The van der Waals surface area contributed by atoms with Gasteiger partial charge in [0.25, 0.3) is 0 Å². The molecule has 3 heteroatoms. The summed E-state index contributed by atoms with van der Waals surface area (Å²) in [7, 11) is 0. The molecular formula is C35H49FN2. The molecule has 206 valence electrons. The largest absolute Gasteiger partial charge is 0.264 e. The Bertz CT molecular complexity index is 1170. The highest BCUT2D eigenvalue weighted by Gasteiger charge is 2.12. The summed E-state index contributed by atoms with van der Waals surface area (Å²) < 4.78 is 14.3. The Kier molecular flexibility index (Phi) is 15.1. The van der Waals surface area contributed by atoms with E-state index >= 15 is 0 Å². The number of hydrogen-bond donors (Lipinski definition) is 0. The monoisotopic (exact) mass is 516 g/mol. The number of halogens is 1. The van der Waals surface area contributed by atoms with Crippen LogP contribution in [0.1, 0.15) is 115 Å². The zero-order valence-electron chi connectivity index (χ0n) is 25.5. The first-order chi connectivity index (χ1) is 18.2. The second kappa shape index (κ2) is 17.4. The van der Waals surface area contributed by atoms with Crippen molar-refractivity contribution in [2.45, 2.75) is 101 Å². The second-order valence-electron chi connectivity index (χ2n) is 9.73. The van der Waals surface area contributed by atoms with Gasteiger partial charge in [-0.25, -0.2) is 4.39 Å². The third kappa shape index (κ3) is 10.0. The summed E-state index contributed by atoms with van der Waals surface area (Å²) >= 11 is 0. The smallest absolute Gasteiger partial charge is 0.124 e. The maximum absolute atomic E-state index is 14.3. The fourth-order valence-electron chi connectivity index (χ4n) is 3.88. The van der Waals surface area contributed by atoms with Gasteiger partial charge in [-0.05, 0) is 96.8 Å². The fourth-order valence-corrected chi connectivity index (χ4v) is 3.88. The summed E-state index contributed by atoms with van der Waals surface area (Å²) in [6.45, 7) is 20.9. The van der Waals surface area contributed by atoms with Gasteiger partial charge in [-0.1, -0.05) is 85.9 Å². The molecule has 3 rings (SSSR count). The molecule has 3 aromatic rings. The van der Waals surface area contributed by atoms with E-state index in [1.54, 1.807) is 18.3 Å². The van der Waals surface area contributed by atoms with Crippen LogP contribution < -0.4 is 0 Å². The Morgan fingerprint density at radius 2 is 1.63 bits per heavy atom. The van der Waals surface area contributed by atoms with Crippen LogP contribution in [0.5, 0.6) is 0 Å². The summed E-state index contributed by atoms with van der Waals surface area (Å²) in [5, 5.41) is 0. The fraction of sp³-hybridized carbons (Fsp3) is 0.429. The van der Waals surface area contributed by atoms with Crippen molar-refractivity contribution < 1.29 is 4.39 Å². The van der Waals surface area contributed by atoms with Crippen LogP contribution in [0.4, 0.5) is 4.39 Å². The van der Waals surface area contributed by atoms with Gasteiger partial charge in [0, 0.05) is 23.7 Å². The minimum Gasteiger partial charge on any atom is -0.264 e. The standard InChI is InChI=1S/C29H33FN2.C4H10.C2H6/c1-7-8-11-29(23-10-9-12-31-18-23)32-22(6)27-13-21(5)28(14-20(27)4)25-15-24(19(2)3)16-26(30)17-25;1-3-4-2;1-2/h9-19H,7-8H2,1-6H3;3-4H2,1-2H3;1-2H3/b29-11+,32-22?;;. The predicted octanol–water partition coefficient (Wildman–Crippen LogP) is 11.1. The number of hydrogen-bond acceptors (Lipinski definition) is 2. The van der Waals surface area contributed by atoms with Crippen molar-refractivity contribution in [3.05, 3.63) is 94.6 Å². The van der Waals surface area contributed by atoms with Gasteiger partial charge in [0.1, 0.15) is 5.82 Å². The Hall–Kier alpha value is -3.07. The van der Waals surface area contributed by atoms with E-state index in [9.17, 15) is 4.39 Å². The zero-order chi connectivity index (χ0) is 28.7. The summed E-state index contributed by atoms with van der Waals surface area (Å²) in [6.07, 6.45) is 10.5. The zero-order valence-corrected chi connectivity index (χ0v) is 25.5. The van der Waals surface area contributed by atoms with E-state index in [-0.39, 0.29) is 11.7 Å². The third-order valence-electron chi connectivity index (χ3n) is 6.23. The molecule has 0 unspecified atom stereocenters. The number of nitrogens with zero attached hydrogens (tertiary/aromatic N) is 2. The van der Waals surface area contributed by atoms with Crippen molar-refractivity contribution >= 4 is 11.4 Å². The SMILES string of the molecule is CC.CCC/C=C(/N=C(C)c1cc(C)c(-c2cc(F)cc(C(C)C)c2)cc1C)c1cccnc1.CCCC. The van der Waals surface area contributed by atoms with Crippen LogP contribution in [0.2, 0.25) is 0 Å². The van der Waals surface area contributed by atoms with Crippen LogP contribution in [0.25, 0.3) is 16.8 Å². The number of rotatable bonds is 8. The molecule has 0 radical (unpaired) electrons. The highest BCUT2D eigenvalue weighted by molar-refractivity contribution is 6.03. The first-order valence-electron chi connectivity index (χ1n) is 14.3. The van der Waals surface area contributed by atoms with Crippen LogP contribution in [-0.4, -0.2) is 10.7 Å². The lowest BCUT2D eigenvalue weighted by Gasteiger charge is -2.15. The number of aromatic nitrogens is 1. The minimum absolute atomic E-state index is 0.188. The number of allylic oxidation sites excluding steroid dienone is 1. The van der Waals surface area contributed by atoms with E-state index in [4.69, 9.17) is 4.99 Å². The van der Waals surface area contributed by atoms with Crippen molar-refractivity contribution in [3.8, 4) is 11.1 Å². The quantitative estimate of drug-likeness (QED) is 0.273. The van der Waals surface area contributed by atoms with Crippen molar-refractivity contribution in [1.29, 1.82) is 0 Å². The summed E-state index contributed by atoms with van der Waals surface area (Å²) in [6, 6.07) is 13.7. The third-order valence-corrected chi connectivity index (χ3v) is 6.23. The number of aliphatic imine (C=N–C) groups is 1. The van der Waals surface area contributed by atoms with Crippen molar-refractivity contribution in [3.63, 3.8) is 0 Å². The first kappa shape index (κ1) is 33.0. The van der Waals surface area contributed by atoms with Gasteiger partial charge < -0.3 is 0 Å². The molecule has 1 aromatic heterocycles. The van der Waals surface area contributed by atoms with E-state index in [0.29, 0.717) is 0 Å². The van der Waals surface area contributed by atoms with Crippen LogP contribution in [0.15, 0.2) is 65.9 Å². The lowest BCUT2D eigenvalue weighted by molar-refractivity contribution is 0.624. The van der Waals surface area contributed by atoms with Crippen molar-refractivity contribution in [2.75, 3.05) is 0 Å². The number of benzene rings is 2. The highest BCUT2D eigenvalue weighted by Crippen LogP contribution is 2.31. The molecule has 0 aliphatic rings. The predicted molar refractivity (Wildman–Crippen MR) is 167 cm³/mol. The van der Waals surface area contributed by atoms with E-state index in [1.807, 2.05) is 32.2 Å². The topological polar surface area (TPSA) is 25.2 Å². The lowest BCUT2D eigenvalue weighted by atomic mass is 9.91. The number of unbranched alkanes of at least 4 members (excludes halogenated alkanes) is 2. The average molecular weight is 517 g/mol. The van der Waals surface area contributed by atoms with Gasteiger partial charge in [-0.2, -0.15) is 0 Å². The van der Waals surface area contributed by atoms with Crippen LogP contribution in [0.3, 0.4) is 0 Å². The van der Waals surface area contributed by atoms with Gasteiger partial charge >= 0.3 is 0 Å². The number of aryl methyl sites for hydroxylation is 2. The lowest BCUT2D eigenvalue weighted by Crippen LogP contribution is -2.02. The normalized spacial score (nSPS) is 11.5. The minimum atomic E-state index is -0.188. The summed E-state index contributed by atoms with van der Waals surface area (Å²) in [5.41, 5.74) is 9.29. The van der Waals surface area contributed by atoms with Gasteiger partial charge in [0.05, 0.1) is 5.70 Å². The molecule has 0 N–H and O–H groups in total. The Balaban J connectivity index is 0.00000110. The highest BCUT2D eigenvalue weighted by atomic mass is 19.1. The molecule has 0 atom stereocenters. The Morgan fingerprint density at radius 3 is 2.18 bits per heavy atom. The number of pyridine rings is 1. The molecule has 0 spiro atoms. The van der Waals surface area contributed by atoms with E-state index in [2.05, 4.69) is 84.6 Å². The average Bonchev–Trinajstić information content (AvgIpc) is 2.93. The molecule has 0 fully saturated rings. The van der Waals surface area contributed by atoms with Crippen LogP contribution >= 0.6 is 0 Å². The van der Waals surface area contributed by atoms with Crippen LogP contribution in [0, 0.1) is 19.7 Å². The molecule has 0 bridgehead atoms. The molecule has 38 heavy (non-hydrogen) atoms. The Labute approximate surface area is 232 Å². The molecule has 0 saturated heterocycles. The second-order valence-corrected chi connectivity index (χ2v) is 9.73. The molecule has 0 aliphatic carbocycles. The van der Waals surface area contributed by atoms with E-state index in [1.165, 1.54) is 12.8 Å². The molecular weight excluding hydrogens is 467 g/mol. The molecule has 0 amide bonds. The summed E-state index contributed by atoms with van der Waals surface area (Å²) in [5.74, 6) is 0.0903.